The molecule has 2 heteroatoms. The van der Waals surface area contributed by atoms with Gasteiger partial charge in [0.05, 0.1) is 6.17 Å². The summed E-state index contributed by atoms with van der Waals surface area (Å²) >= 11 is 0. The molecule has 1 aliphatic rings. The Kier molecular flexibility index (Phi) is 2.32. The van der Waals surface area contributed by atoms with E-state index in [0.29, 0.717) is 0 Å². The van der Waals surface area contributed by atoms with Gasteiger partial charge in [-0.25, -0.2) is 4.39 Å². The zero-order chi connectivity index (χ0) is 6.69. The smallest absolute Gasteiger partial charge is 0.114 e. The van der Waals surface area contributed by atoms with Crippen molar-refractivity contribution in [3.8, 4) is 0 Å². The van der Waals surface area contributed by atoms with E-state index in [0.717, 1.165) is 19.3 Å². The molecule has 1 aliphatic carbocycles. The van der Waals surface area contributed by atoms with Crippen LogP contribution in [0.5, 0.6) is 0 Å². The minimum Gasteiger partial charge on any atom is -0.248 e. The molecule has 0 radical (unpaired) electrons. The lowest BCUT2D eigenvalue weighted by Crippen LogP contribution is -2.05. The number of hydrogen-bond acceptors (Lipinski definition) is 0. The summed E-state index contributed by atoms with van der Waals surface area (Å²) in [6, 6.07) is 0. The monoisotopic (exact) mass is 126 g/mol. The highest BCUT2D eigenvalue weighted by Gasteiger charge is 2.14. The van der Waals surface area contributed by atoms with Crippen molar-refractivity contribution in [1.29, 1.82) is 0 Å². The van der Waals surface area contributed by atoms with Gasteiger partial charge >= 0.3 is 0 Å². The van der Waals surface area contributed by atoms with Crippen LogP contribution < -0.4 is 0 Å². The third-order valence-electron chi connectivity index (χ3n) is 1.86. The fourth-order valence-corrected chi connectivity index (χ4v) is 1.13. The highest BCUT2D eigenvalue weighted by Crippen LogP contribution is 2.22. The lowest BCUT2D eigenvalue weighted by Gasteiger charge is -2.08. The molecule has 0 heterocycles. The summed E-state index contributed by atoms with van der Waals surface area (Å²) in [5.74, 6) is 0.146. The van der Waals surface area contributed by atoms with Crippen molar-refractivity contribution in [1.82, 2.24) is 0 Å². The fourth-order valence-electron chi connectivity index (χ4n) is 1.13. The highest BCUT2D eigenvalue weighted by atomic mass is 19.1. The van der Waals surface area contributed by atoms with Gasteiger partial charge in [0.1, 0.15) is 7.85 Å². The normalized spacial score (nSPS) is 36.1. The Morgan fingerprint density at radius 2 is 2.33 bits per heavy atom. The van der Waals surface area contributed by atoms with Crippen molar-refractivity contribution in [2.75, 3.05) is 0 Å². The molecule has 0 aromatic rings. The second-order valence-electron chi connectivity index (χ2n) is 2.73. The first-order valence-corrected chi connectivity index (χ1v) is 3.61. The van der Waals surface area contributed by atoms with Crippen LogP contribution >= 0.6 is 0 Å². The Morgan fingerprint density at radius 3 is 3.11 bits per heavy atom. The van der Waals surface area contributed by atoms with Crippen molar-refractivity contribution in [3.63, 3.8) is 0 Å². The SMILES string of the molecule is B[C@H]1C=CCCC[C@H]1F. The van der Waals surface area contributed by atoms with Gasteiger partial charge < -0.3 is 0 Å². The largest absolute Gasteiger partial charge is 0.248 e. The van der Waals surface area contributed by atoms with Crippen LogP contribution in [0.2, 0.25) is 5.82 Å². The molecular formula is C7H12BF. The van der Waals surface area contributed by atoms with Crippen LogP contribution in [-0.4, -0.2) is 14.0 Å². The van der Waals surface area contributed by atoms with Crippen LogP contribution in [0, 0.1) is 0 Å². The van der Waals surface area contributed by atoms with Crippen molar-refractivity contribution < 1.29 is 4.39 Å². The lowest BCUT2D eigenvalue weighted by atomic mass is 9.82. The Hall–Kier alpha value is -0.265. The predicted molar refractivity (Wildman–Crippen MR) is 40.2 cm³/mol. The molecule has 0 bridgehead atoms. The van der Waals surface area contributed by atoms with Gasteiger partial charge in [0, 0.05) is 0 Å². The van der Waals surface area contributed by atoms with Gasteiger partial charge in [-0.2, -0.15) is 0 Å². The van der Waals surface area contributed by atoms with Crippen molar-refractivity contribution >= 4 is 7.85 Å². The Labute approximate surface area is 56.6 Å². The Morgan fingerprint density at radius 1 is 1.56 bits per heavy atom. The minimum atomic E-state index is -0.594. The van der Waals surface area contributed by atoms with Gasteiger partial charge in [-0.15, -0.1) is 0 Å². The Balaban J connectivity index is 2.46. The molecule has 1 rings (SSSR count). The maximum atomic E-state index is 12.8. The highest BCUT2D eigenvalue weighted by molar-refractivity contribution is 6.13. The molecule has 0 saturated carbocycles. The first kappa shape index (κ1) is 6.85. The van der Waals surface area contributed by atoms with E-state index in [4.69, 9.17) is 0 Å². The van der Waals surface area contributed by atoms with Gasteiger partial charge in [-0.05, 0) is 25.1 Å². The first-order valence-electron chi connectivity index (χ1n) is 3.61. The zero-order valence-electron chi connectivity index (χ0n) is 5.81. The van der Waals surface area contributed by atoms with Crippen LogP contribution in [0.25, 0.3) is 0 Å². The van der Waals surface area contributed by atoms with Gasteiger partial charge in [0.15, 0.2) is 0 Å². The minimum absolute atomic E-state index is 0.146. The predicted octanol–water partition coefficient (Wildman–Crippen LogP) is 1.49. The maximum Gasteiger partial charge on any atom is 0.114 e. The van der Waals surface area contributed by atoms with Crippen LogP contribution in [0.3, 0.4) is 0 Å². The van der Waals surface area contributed by atoms with Crippen molar-refractivity contribution in [2.45, 2.75) is 31.3 Å². The van der Waals surface area contributed by atoms with Crippen molar-refractivity contribution in [3.05, 3.63) is 12.2 Å². The summed E-state index contributed by atoms with van der Waals surface area (Å²) in [6.07, 6.45) is 6.30. The molecule has 0 spiro atoms. The standard InChI is InChI=1S/C7H12BF/c8-6-4-2-1-3-5-7(6)9/h2,4,6-7H,1,3,5,8H2/t6-,7+/m0/s1. The molecule has 50 valence electrons. The summed E-state index contributed by atoms with van der Waals surface area (Å²) in [7, 11) is 1.94. The van der Waals surface area contributed by atoms with Crippen LogP contribution in [0.15, 0.2) is 12.2 Å². The molecule has 0 fully saturated rings. The molecule has 0 aliphatic heterocycles. The summed E-state index contributed by atoms with van der Waals surface area (Å²) < 4.78 is 12.8. The lowest BCUT2D eigenvalue weighted by molar-refractivity contribution is 0.316. The molecule has 0 unspecified atom stereocenters. The number of hydrogen-bond donors (Lipinski definition) is 0. The first-order chi connectivity index (χ1) is 4.30. The third-order valence-corrected chi connectivity index (χ3v) is 1.86. The average Bonchev–Trinajstić information content (AvgIpc) is 1.99. The van der Waals surface area contributed by atoms with Crippen LogP contribution in [-0.2, 0) is 0 Å². The molecule has 9 heavy (non-hydrogen) atoms. The summed E-state index contributed by atoms with van der Waals surface area (Å²) in [5.41, 5.74) is 0. The molecule has 0 saturated heterocycles. The quantitative estimate of drug-likeness (QED) is 0.340. The zero-order valence-corrected chi connectivity index (χ0v) is 5.81. The van der Waals surface area contributed by atoms with E-state index in [2.05, 4.69) is 6.08 Å². The van der Waals surface area contributed by atoms with E-state index in [1.54, 1.807) is 0 Å². The van der Waals surface area contributed by atoms with Crippen LogP contribution in [0.4, 0.5) is 4.39 Å². The molecule has 0 amide bonds. The van der Waals surface area contributed by atoms with Gasteiger partial charge in [-0.1, -0.05) is 12.2 Å². The Bertz CT molecular complexity index is 111. The van der Waals surface area contributed by atoms with E-state index in [-0.39, 0.29) is 5.82 Å². The molecule has 0 aromatic heterocycles. The number of halogens is 1. The fraction of sp³-hybridized carbons (Fsp3) is 0.714. The molecule has 0 aromatic carbocycles. The number of rotatable bonds is 0. The second-order valence-corrected chi connectivity index (χ2v) is 2.73. The topological polar surface area (TPSA) is 0 Å². The van der Waals surface area contributed by atoms with E-state index < -0.39 is 6.17 Å². The van der Waals surface area contributed by atoms with Gasteiger partial charge in [-0.3, -0.25) is 0 Å². The van der Waals surface area contributed by atoms with Gasteiger partial charge in [0.2, 0.25) is 0 Å². The van der Waals surface area contributed by atoms with E-state index >= 15 is 0 Å². The summed E-state index contributed by atoms with van der Waals surface area (Å²) in [4.78, 5) is 0. The third kappa shape index (κ3) is 1.85. The van der Waals surface area contributed by atoms with E-state index in [1.807, 2.05) is 13.9 Å². The number of allylic oxidation sites excluding steroid dienone is 2. The molecule has 0 nitrogen and oxygen atoms in total. The maximum absolute atomic E-state index is 12.8. The van der Waals surface area contributed by atoms with Gasteiger partial charge in [0.25, 0.3) is 0 Å². The molecule has 2 atom stereocenters. The van der Waals surface area contributed by atoms with E-state index in [9.17, 15) is 4.39 Å². The second kappa shape index (κ2) is 3.04. The van der Waals surface area contributed by atoms with Crippen LogP contribution in [0.1, 0.15) is 19.3 Å². The molecular weight excluding hydrogens is 114 g/mol. The molecule has 0 N–H and O–H groups in total. The average molecular weight is 126 g/mol. The van der Waals surface area contributed by atoms with Crippen molar-refractivity contribution in [2.24, 2.45) is 0 Å². The summed E-state index contributed by atoms with van der Waals surface area (Å²) in [6.45, 7) is 0. The summed E-state index contributed by atoms with van der Waals surface area (Å²) in [5, 5.41) is 0. The van der Waals surface area contributed by atoms with E-state index in [1.165, 1.54) is 0 Å². The number of alkyl halides is 1.